The number of sulfonamides is 1. The molecular weight excluding hydrogens is 400 g/mol. The topological polar surface area (TPSA) is 96.2 Å². The molecule has 1 aromatic heterocycles. The van der Waals surface area contributed by atoms with Gasteiger partial charge in [0.25, 0.3) is 5.91 Å². The summed E-state index contributed by atoms with van der Waals surface area (Å²) < 4.78 is 33.8. The Morgan fingerprint density at radius 1 is 1.29 bits per heavy atom. The number of carbonyl (C=O) groups is 1. The third-order valence-electron chi connectivity index (χ3n) is 5.48. The number of piperidine rings is 1. The Hall–Kier alpha value is -1.04. The van der Waals surface area contributed by atoms with Crippen LogP contribution in [0, 0.1) is 0 Å². The van der Waals surface area contributed by atoms with Crippen LogP contribution in [0.1, 0.15) is 28.9 Å². The summed E-state index contributed by atoms with van der Waals surface area (Å²) in [5.41, 5.74) is 5.31. The Morgan fingerprint density at radius 3 is 2.57 bits per heavy atom. The highest BCUT2D eigenvalue weighted by atomic mass is 32.2. The van der Waals surface area contributed by atoms with Crippen molar-refractivity contribution < 1.29 is 17.9 Å². The largest absolute Gasteiger partial charge is 0.379 e. The summed E-state index contributed by atoms with van der Waals surface area (Å²) in [5.74, 6) is -0.593. The van der Waals surface area contributed by atoms with Crippen LogP contribution < -0.4 is 5.73 Å². The molecule has 0 spiro atoms. The second kappa shape index (κ2) is 9.64. The number of hydrogen-bond donors (Lipinski definition) is 1. The van der Waals surface area contributed by atoms with E-state index < -0.39 is 15.9 Å². The van der Waals surface area contributed by atoms with Crippen molar-refractivity contribution in [1.82, 2.24) is 14.1 Å². The fourth-order valence-corrected chi connectivity index (χ4v) is 6.61. The average Bonchev–Trinajstić information content (AvgIpc) is 3.18. The molecule has 0 saturated carbocycles. The molecule has 0 aromatic carbocycles. The Balaban J connectivity index is 1.72. The van der Waals surface area contributed by atoms with Crippen LogP contribution in [0.4, 0.5) is 0 Å². The Bertz CT molecular complexity index is 753. The standard InChI is InChI=1S/C18H30N4O4S2/c1-20-7-3-15(4-8-20)22(6-2-5-21-9-11-26-12-10-21)28(24,25)16-13-17(18(19)23)27-14-16/h13-15H,2-12H2,1H3,(H2,19,23). The third-order valence-corrected chi connectivity index (χ3v) is 8.50. The van der Waals surface area contributed by atoms with Crippen molar-refractivity contribution in [2.45, 2.75) is 30.2 Å². The molecule has 3 rings (SSSR count). The van der Waals surface area contributed by atoms with E-state index in [1.54, 1.807) is 4.31 Å². The van der Waals surface area contributed by atoms with Crippen LogP contribution in [-0.4, -0.2) is 94.0 Å². The van der Waals surface area contributed by atoms with Crippen LogP contribution in [0.3, 0.4) is 0 Å². The van der Waals surface area contributed by atoms with Crippen molar-refractivity contribution in [2.24, 2.45) is 5.73 Å². The van der Waals surface area contributed by atoms with Crippen molar-refractivity contribution >= 4 is 27.3 Å². The van der Waals surface area contributed by atoms with E-state index in [4.69, 9.17) is 10.5 Å². The highest BCUT2D eigenvalue weighted by molar-refractivity contribution is 7.89. The molecule has 10 heteroatoms. The summed E-state index contributed by atoms with van der Waals surface area (Å²) in [7, 11) is -1.60. The number of ether oxygens (including phenoxy) is 1. The summed E-state index contributed by atoms with van der Waals surface area (Å²) in [4.78, 5) is 16.4. The maximum Gasteiger partial charge on any atom is 0.258 e. The summed E-state index contributed by atoms with van der Waals surface area (Å²) in [5, 5.41) is 1.53. The normalized spacial score (nSPS) is 20.6. The van der Waals surface area contributed by atoms with E-state index in [1.165, 1.54) is 11.4 Å². The van der Waals surface area contributed by atoms with Crippen LogP contribution in [0.15, 0.2) is 16.3 Å². The fourth-order valence-electron chi connectivity index (χ4n) is 3.78. The van der Waals surface area contributed by atoms with E-state index >= 15 is 0 Å². The predicted octanol–water partition coefficient (Wildman–Crippen LogP) is 0.654. The first kappa shape index (κ1) is 21.7. The second-order valence-electron chi connectivity index (χ2n) is 7.47. The summed E-state index contributed by atoms with van der Waals surface area (Å²) in [6, 6.07) is 1.40. The van der Waals surface area contributed by atoms with Crippen molar-refractivity contribution in [3.8, 4) is 0 Å². The molecule has 0 atom stereocenters. The molecule has 0 bridgehead atoms. The molecule has 8 nitrogen and oxygen atoms in total. The van der Waals surface area contributed by atoms with E-state index in [9.17, 15) is 13.2 Å². The molecule has 28 heavy (non-hydrogen) atoms. The maximum atomic E-state index is 13.4. The first-order valence-corrected chi connectivity index (χ1v) is 12.1. The van der Waals surface area contributed by atoms with Crippen LogP contribution in [0.5, 0.6) is 0 Å². The van der Waals surface area contributed by atoms with Gasteiger partial charge in [0.15, 0.2) is 0 Å². The van der Waals surface area contributed by atoms with E-state index in [0.717, 1.165) is 76.5 Å². The van der Waals surface area contributed by atoms with Gasteiger partial charge in [-0.2, -0.15) is 4.31 Å². The zero-order valence-electron chi connectivity index (χ0n) is 16.4. The first-order chi connectivity index (χ1) is 13.4. The number of rotatable bonds is 8. The molecule has 3 heterocycles. The number of amides is 1. The van der Waals surface area contributed by atoms with Crippen molar-refractivity contribution in [2.75, 3.05) is 59.5 Å². The van der Waals surface area contributed by atoms with Gasteiger partial charge in [0, 0.05) is 31.1 Å². The molecule has 1 aromatic rings. The molecule has 0 radical (unpaired) electrons. The molecule has 0 unspecified atom stereocenters. The number of nitrogens with two attached hydrogens (primary N) is 1. The highest BCUT2D eigenvalue weighted by Crippen LogP contribution is 2.27. The fraction of sp³-hybridized carbons (Fsp3) is 0.722. The minimum Gasteiger partial charge on any atom is -0.379 e. The van der Waals surface area contributed by atoms with Crippen molar-refractivity contribution in [3.05, 3.63) is 16.3 Å². The van der Waals surface area contributed by atoms with E-state index in [-0.39, 0.29) is 15.8 Å². The van der Waals surface area contributed by atoms with Gasteiger partial charge in [-0.05, 0) is 52.0 Å². The molecule has 2 saturated heterocycles. The minimum atomic E-state index is -3.66. The number of thiophene rings is 1. The molecule has 1 amide bonds. The first-order valence-electron chi connectivity index (χ1n) is 9.77. The monoisotopic (exact) mass is 430 g/mol. The van der Waals surface area contributed by atoms with Gasteiger partial charge in [0.2, 0.25) is 10.0 Å². The van der Waals surface area contributed by atoms with Gasteiger partial charge in [-0.15, -0.1) is 11.3 Å². The number of hydrogen-bond acceptors (Lipinski definition) is 7. The van der Waals surface area contributed by atoms with Gasteiger partial charge in [0.05, 0.1) is 23.0 Å². The van der Waals surface area contributed by atoms with Crippen LogP contribution in [0.25, 0.3) is 0 Å². The lowest BCUT2D eigenvalue weighted by Crippen LogP contribution is -2.47. The number of primary amides is 1. The predicted molar refractivity (Wildman–Crippen MR) is 109 cm³/mol. The Morgan fingerprint density at radius 2 is 1.96 bits per heavy atom. The van der Waals surface area contributed by atoms with Gasteiger partial charge in [-0.1, -0.05) is 0 Å². The van der Waals surface area contributed by atoms with E-state index in [0.29, 0.717) is 6.54 Å². The summed E-state index contributed by atoms with van der Waals surface area (Å²) >= 11 is 1.08. The van der Waals surface area contributed by atoms with E-state index in [2.05, 4.69) is 16.8 Å². The van der Waals surface area contributed by atoms with E-state index in [1.807, 2.05) is 0 Å². The molecular formula is C18H30N4O4S2. The maximum absolute atomic E-state index is 13.4. The zero-order chi connectivity index (χ0) is 20.1. The lowest BCUT2D eigenvalue weighted by atomic mass is 10.1. The minimum absolute atomic E-state index is 0.0113. The molecule has 158 valence electrons. The van der Waals surface area contributed by atoms with Gasteiger partial charge in [-0.3, -0.25) is 9.69 Å². The van der Waals surface area contributed by atoms with Crippen molar-refractivity contribution in [3.63, 3.8) is 0 Å². The quantitative estimate of drug-likeness (QED) is 0.651. The number of morpholine rings is 1. The number of carbonyl (C=O) groups excluding carboxylic acids is 1. The van der Waals surface area contributed by atoms with Gasteiger partial charge < -0.3 is 15.4 Å². The third kappa shape index (κ3) is 5.31. The highest BCUT2D eigenvalue weighted by Gasteiger charge is 2.34. The lowest BCUT2D eigenvalue weighted by molar-refractivity contribution is 0.0363. The van der Waals surface area contributed by atoms with Gasteiger partial charge >= 0.3 is 0 Å². The molecule has 2 fully saturated rings. The SMILES string of the molecule is CN1CCC(N(CCCN2CCOCC2)S(=O)(=O)c2csc(C(N)=O)c2)CC1. The van der Waals surface area contributed by atoms with Crippen LogP contribution >= 0.6 is 11.3 Å². The smallest absolute Gasteiger partial charge is 0.258 e. The zero-order valence-corrected chi connectivity index (χ0v) is 18.0. The van der Waals surface area contributed by atoms with Gasteiger partial charge in [-0.25, -0.2) is 8.42 Å². The number of nitrogens with zero attached hydrogens (tertiary/aromatic N) is 3. The van der Waals surface area contributed by atoms with Crippen LogP contribution in [-0.2, 0) is 14.8 Å². The second-order valence-corrected chi connectivity index (χ2v) is 10.3. The summed E-state index contributed by atoms with van der Waals surface area (Å²) in [6.45, 7) is 6.38. The number of likely N-dealkylation sites (tertiary alicyclic amines) is 1. The summed E-state index contributed by atoms with van der Waals surface area (Å²) in [6.07, 6.45) is 2.42. The molecule has 2 N–H and O–H groups in total. The average molecular weight is 431 g/mol. The lowest BCUT2D eigenvalue weighted by Gasteiger charge is -2.37. The van der Waals surface area contributed by atoms with Crippen LogP contribution in [0.2, 0.25) is 0 Å². The molecule has 2 aliphatic rings. The Labute approximate surface area is 171 Å². The molecule has 0 aliphatic carbocycles. The van der Waals surface area contributed by atoms with Gasteiger partial charge in [0.1, 0.15) is 0 Å². The Kier molecular flexibility index (Phi) is 7.46. The molecule has 2 aliphatic heterocycles. The van der Waals surface area contributed by atoms with Crippen molar-refractivity contribution in [1.29, 1.82) is 0 Å².